The number of allylic oxidation sites excluding steroid dienone is 1. The van der Waals surface area contributed by atoms with Crippen LogP contribution in [0.5, 0.6) is 0 Å². The van der Waals surface area contributed by atoms with E-state index >= 15 is 0 Å². The summed E-state index contributed by atoms with van der Waals surface area (Å²) >= 11 is 0. The van der Waals surface area contributed by atoms with Gasteiger partial charge in [0.15, 0.2) is 0 Å². The van der Waals surface area contributed by atoms with Crippen molar-refractivity contribution in [1.29, 1.82) is 0 Å². The summed E-state index contributed by atoms with van der Waals surface area (Å²) in [6.45, 7) is 12.0. The lowest BCUT2D eigenvalue weighted by Gasteiger charge is -2.41. The van der Waals surface area contributed by atoms with Crippen LogP contribution in [0.1, 0.15) is 54.6 Å². The van der Waals surface area contributed by atoms with E-state index in [1.807, 2.05) is 61.2 Å². The quantitative estimate of drug-likeness (QED) is 0.542. The lowest BCUT2D eigenvalue weighted by atomic mass is 10.00. The summed E-state index contributed by atoms with van der Waals surface area (Å²) in [5.41, 5.74) is 11.3. The standard InChI is InChI=1S/C29H35N5O2/c1-5-26(33(16-10-15-30)29(35)24-14-9-11-20(2)17-24)27-31-28-25(18-21(3)32-36-28)22(4)34(27)19-23-12-7-6-8-13-23/h6-9,11-14,17,26H,4-5,10,15-16,18-19,30H2,1-3H3. The fourth-order valence-corrected chi connectivity index (χ4v) is 4.66. The molecule has 2 aliphatic heterocycles. The predicted molar refractivity (Wildman–Crippen MR) is 144 cm³/mol. The van der Waals surface area contributed by atoms with E-state index in [9.17, 15) is 4.79 Å². The van der Waals surface area contributed by atoms with E-state index in [-0.39, 0.29) is 11.9 Å². The first kappa shape index (κ1) is 25.4. The van der Waals surface area contributed by atoms with Crippen molar-refractivity contribution in [3.63, 3.8) is 0 Å². The molecule has 4 rings (SSSR count). The maximum absolute atomic E-state index is 13.8. The molecular formula is C29H35N5O2. The molecule has 0 radical (unpaired) electrons. The zero-order chi connectivity index (χ0) is 25.7. The maximum Gasteiger partial charge on any atom is 0.256 e. The van der Waals surface area contributed by atoms with Crippen LogP contribution in [0, 0.1) is 6.92 Å². The van der Waals surface area contributed by atoms with Crippen molar-refractivity contribution in [1.82, 2.24) is 9.80 Å². The summed E-state index contributed by atoms with van der Waals surface area (Å²) in [5, 5.41) is 4.16. The van der Waals surface area contributed by atoms with Crippen LogP contribution in [0.25, 0.3) is 0 Å². The number of carbonyl (C=O) groups excluding carboxylic acids is 1. The third-order valence-corrected chi connectivity index (χ3v) is 6.52. The first-order valence-corrected chi connectivity index (χ1v) is 12.5. The number of aryl methyl sites for hydroxylation is 1. The fourth-order valence-electron chi connectivity index (χ4n) is 4.66. The van der Waals surface area contributed by atoms with Crippen molar-refractivity contribution in [3.05, 3.63) is 95.0 Å². The molecule has 0 bridgehead atoms. The molecule has 7 nitrogen and oxygen atoms in total. The van der Waals surface area contributed by atoms with Crippen LogP contribution < -0.4 is 5.73 Å². The van der Waals surface area contributed by atoms with Gasteiger partial charge in [0.05, 0.1) is 11.8 Å². The third kappa shape index (κ3) is 5.41. The highest BCUT2D eigenvalue weighted by molar-refractivity contribution is 6.00. The van der Waals surface area contributed by atoms with Gasteiger partial charge in [-0.15, -0.1) is 0 Å². The first-order chi connectivity index (χ1) is 17.4. The second-order valence-corrected chi connectivity index (χ2v) is 9.30. The zero-order valence-corrected chi connectivity index (χ0v) is 21.4. The summed E-state index contributed by atoms with van der Waals surface area (Å²) in [7, 11) is 0. The summed E-state index contributed by atoms with van der Waals surface area (Å²) in [4.78, 5) is 28.5. The van der Waals surface area contributed by atoms with Crippen LogP contribution in [-0.2, 0) is 11.4 Å². The molecule has 1 atom stereocenters. The number of benzene rings is 2. The number of rotatable bonds is 9. The molecule has 0 saturated heterocycles. The molecule has 2 aromatic rings. The van der Waals surface area contributed by atoms with E-state index in [4.69, 9.17) is 15.6 Å². The van der Waals surface area contributed by atoms with Gasteiger partial charge in [0.1, 0.15) is 5.84 Å². The summed E-state index contributed by atoms with van der Waals surface area (Å²) in [5.74, 6) is 1.16. The Morgan fingerprint density at radius 1 is 1.19 bits per heavy atom. The summed E-state index contributed by atoms with van der Waals surface area (Å²) in [6, 6.07) is 17.6. The van der Waals surface area contributed by atoms with Gasteiger partial charge in [-0.05, 0) is 50.9 Å². The van der Waals surface area contributed by atoms with Gasteiger partial charge in [-0.2, -0.15) is 4.99 Å². The average molecular weight is 486 g/mol. The second-order valence-electron chi connectivity index (χ2n) is 9.30. The van der Waals surface area contributed by atoms with Crippen LogP contribution in [-0.4, -0.2) is 46.4 Å². The molecule has 2 aliphatic rings. The molecule has 0 aromatic heterocycles. The number of oxime groups is 1. The predicted octanol–water partition coefficient (Wildman–Crippen LogP) is 5.00. The molecule has 36 heavy (non-hydrogen) atoms. The number of nitrogens with zero attached hydrogens (tertiary/aromatic N) is 4. The van der Waals surface area contributed by atoms with Gasteiger partial charge in [0, 0.05) is 36.3 Å². The number of hydrogen-bond donors (Lipinski definition) is 1. The van der Waals surface area contributed by atoms with Crippen LogP contribution >= 0.6 is 0 Å². The van der Waals surface area contributed by atoms with E-state index in [0.717, 1.165) is 33.9 Å². The zero-order valence-electron chi connectivity index (χ0n) is 21.4. The van der Waals surface area contributed by atoms with Gasteiger partial charge in [0.25, 0.3) is 11.8 Å². The number of nitrogens with two attached hydrogens (primary N) is 1. The van der Waals surface area contributed by atoms with E-state index in [0.29, 0.717) is 50.3 Å². The molecular weight excluding hydrogens is 450 g/mol. The normalized spacial score (nSPS) is 16.1. The lowest BCUT2D eigenvalue weighted by molar-refractivity contribution is 0.0711. The summed E-state index contributed by atoms with van der Waals surface area (Å²) < 4.78 is 0. The van der Waals surface area contributed by atoms with Crippen molar-refractivity contribution >= 4 is 17.5 Å². The number of hydrogen-bond acceptors (Lipinski definition) is 6. The van der Waals surface area contributed by atoms with E-state index < -0.39 is 0 Å². The Balaban J connectivity index is 1.77. The number of amidine groups is 1. The largest absolute Gasteiger partial charge is 0.336 e. The highest BCUT2D eigenvalue weighted by atomic mass is 16.6. The smallest absolute Gasteiger partial charge is 0.256 e. The molecule has 188 valence electrons. The van der Waals surface area contributed by atoms with E-state index in [2.05, 4.69) is 35.7 Å². The molecule has 0 fully saturated rings. The Labute approximate surface area is 213 Å². The number of amides is 1. The SMILES string of the molecule is C=C1C2=C(N=C(C(CC)N(CCCN)C(=O)c3cccc(C)c3)N1Cc1ccccc1)ON=C(C)C2. The fraction of sp³-hybridized carbons (Fsp3) is 0.345. The van der Waals surface area contributed by atoms with Crippen molar-refractivity contribution in [2.24, 2.45) is 15.9 Å². The van der Waals surface area contributed by atoms with Crippen molar-refractivity contribution in [2.75, 3.05) is 13.1 Å². The van der Waals surface area contributed by atoms with Crippen LogP contribution in [0.15, 0.2) is 88.5 Å². The molecule has 0 spiro atoms. The van der Waals surface area contributed by atoms with Crippen LogP contribution in [0.2, 0.25) is 0 Å². The Bertz CT molecular complexity index is 1220. The molecule has 0 aliphatic carbocycles. The molecule has 2 N–H and O–H groups in total. The average Bonchev–Trinajstić information content (AvgIpc) is 2.89. The highest BCUT2D eigenvalue weighted by Gasteiger charge is 2.37. The minimum Gasteiger partial charge on any atom is -0.336 e. The van der Waals surface area contributed by atoms with E-state index in [1.165, 1.54) is 0 Å². The number of aliphatic imine (C=N–C) groups is 1. The monoisotopic (exact) mass is 485 g/mol. The van der Waals surface area contributed by atoms with Crippen LogP contribution in [0.3, 0.4) is 0 Å². The van der Waals surface area contributed by atoms with Gasteiger partial charge >= 0.3 is 0 Å². The minimum atomic E-state index is -0.297. The first-order valence-electron chi connectivity index (χ1n) is 12.5. The highest BCUT2D eigenvalue weighted by Crippen LogP contribution is 2.34. The van der Waals surface area contributed by atoms with Gasteiger partial charge in [-0.25, -0.2) is 0 Å². The topological polar surface area (TPSA) is 83.5 Å². The Morgan fingerprint density at radius 3 is 2.67 bits per heavy atom. The van der Waals surface area contributed by atoms with Crippen molar-refractivity contribution in [3.8, 4) is 0 Å². The Kier molecular flexibility index (Phi) is 8.00. The molecule has 7 heteroatoms. The van der Waals surface area contributed by atoms with Gasteiger partial charge in [-0.1, -0.05) is 66.7 Å². The minimum absolute atomic E-state index is 0.0369. The maximum atomic E-state index is 13.8. The van der Waals surface area contributed by atoms with Gasteiger partial charge in [0.2, 0.25) is 0 Å². The van der Waals surface area contributed by atoms with Crippen molar-refractivity contribution in [2.45, 2.75) is 52.6 Å². The van der Waals surface area contributed by atoms with Crippen molar-refractivity contribution < 1.29 is 9.63 Å². The van der Waals surface area contributed by atoms with Gasteiger partial charge in [-0.3, -0.25) is 4.79 Å². The van der Waals surface area contributed by atoms with E-state index in [1.54, 1.807) is 0 Å². The molecule has 1 amide bonds. The number of carbonyl (C=O) groups is 1. The second kappa shape index (κ2) is 11.4. The Hall–Kier alpha value is -3.71. The molecule has 2 heterocycles. The lowest BCUT2D eigenvalue weighted by Crippen LogP contribution is -2.52. The van der Waals surface area contributed by atoms with Gasteiger partial charge < -0.3 is 20.4 Å². The summed E-state index contributed by atoms with van der Waals surface area (Å²) in [6.07, 6.45) is 1.99. The van der Waals surface area contributed by atoms with Crippen LogP contribution in [0.4, 0.5) is 0 Å². The molecule has 0 saturated carbocycles. The molecule has 1 unspecified atom stereocenters. The Morgan fingerprint density at radius 2 is 1.97 bits per heavy atom. The third-order valence-electron chi connectivity index (χ3n) is 6.52. The molecule has 2 aromatic carbocycles.